The summed E-state index contributed by atoms with van der Waals surface area (Å²) < 4.78 is 59.0. The number of hydrogen-bond acceptors (Lipinski definition) is 6. The SMILES string of the molecule is COc1cc([C@H]2C3=C(C[C@@H](c4ccc(C)cc4)CC3=O)Nc3ccccc3N2C(=O)C(F)(F)F)cc(OC)c1OC. The second-order valence-corrected chi connectivity index (χ2v) is 10.0. The Morgan fingerprint density at radius 3 is 2.12 bits per heavy atom. The molecule has 10 heteroatoms. The van der Waals surface area contributed by atoms with E-state index in [1.807, 2.05) is 31.2 Å². The third-order valence-electron chi connectivity index (χ3n) is 7.50. The summed E-state index contributed by atoms with van der Waals surface area (Å²) in [5.74, 6) is -2.09. The minimum atomic E-state index is -5.22. The molecule has 0 spiro atoms. The van der Waals surface area contributed by atoms with Gasteiger partial charge in [-0.2, -0.15) is 13.2 Å². The summed E-state index contributed by atoms with van der Waals surface area (Å²) in [6, 6.07) is 15.6. The quantitative estimate of drug-likeness (QED) is 0.381. The van der Waals surface area contributed by atoms with E-state index in [0.717, 1.165) is 11.1 Å². The number of fused-ring (bicyclic) bond motifs is 1. The zero-order valence-electron chi connectivity index (χ0n) is 23.0. The number of nitrogens with one attached hydrogen (secondary N) is 1. The van der Waals surface area contributed by atoms with E-state index in [1.54, 1.807) is 18.2 Å². The molecule has 0 radical (unpaired) electrons. The lowest BCUT2D eigenvalue weighted by Crippen LogP contribution is -2.45. The summed E-state index contributed by atoms with van der Waals surface area (Å²) in [6.07, 6.45) is -4.80. The Morgan fingerprint density at radius 2 is 1.54 bits per heavy atom. The lowest BCUT2D eigenvalue weighted by molar-refractivity contribution is -0.170. The lowest BCUT2D eigenvalue weighted by Gasteiger charge is -2.35. The Kier molecular flexibility index (Phi) is 7.42. The van der Waals surface area contributed by atoms with Gasteiger partial charge in [-0.25, -0.2) is 0 Å². The van der Waals surface area contributed by atoms with Gasteiger partial charge in [0.25, 0.3) is 0 Å². The number of alkyl halides is 3. The van der Waals surface area contributed by atoms with Crippen LogP contribution in [0.1, 0.15) is 41.5 Å². The van der Waals surface area contributed by atoms with Gasteiger partial charge in [-0.3, -0.25) is 14.5 Å². The number of anilines is 2. The number of methoxy groups -OCH3 is 3. The van der Waals surface area contributed by atoms with E-state index in [1.165, 1.54) is 39.5 Å². The molecule has 0 fully saturated rings. The van der Waals surface area contributed by atoms with Crippen molar-refractivity contribution in [2.45, 2.75) is 37.9 Å². The third kappa shape index (κ3) is 5.10. The van der Waals surface area contributed by atoms with E-state index in [2.05, 4.69) is 5.32 Å². The molecule has 0 unspecified atom stereocenters. The number of amides is 1. The smallest absolute Gasteiger partial charge is 0.471 e. The van der Waals surface area contributed by atoms with Crippen molar-refractivity contribution in [3.05, 3.63) is 88.6 Å². The molecule has 41 heavy (non-hydrogen) atoms. The fraction of sp³-hybridized carbons (Fsp3) is 0.290. The number of para-hydroxylation sites is 2. The van der Waals surface area contributed by atoms with Crippen molar-refractivity contribution in [2.24, 2.45) is 0 Å². The van der Waals surface area contributed by atoms with Crippen molar-refractivity contribution in [3.8, 4) is 17.2 Å². The van der Waals surface area contributed by atoms with Crippen LogP contribution in [-0.2, 0) is 9.59 Å². The van der Waals surface area contributed by atoms with E-state index < -0.39 is 18.1 Å². The monoisotopic (exact) mass is 566 g/mol. The van der Waals surface area contributed by atoms with Crippen LogP contribution >= 0.6 is 0 Å². The van der Waals surface area contributed by atoms with Crippen LogP contribution in [0.2, 0.25) is 0 Å². The van der Waals surface area contributed by atoms with E-state index in [-0.39, 0.29) is 57.9 Å². The number of allylic oxidation sites excluding steroid dienone is 1. The molecule has 214 valence electrons. The standard InChI is InChI=1S/C31H29F3N2O5/c1-17-9-11-18(12-10-17)19-13-22-27(24(37)14-19)28(20-15-25(39-2)29(41-4)26(16-20)40-3)36(30(38)31(32,33)34)23-8-6-5-7-21(23)35-22/h5-12,15-16,19,28,35H,13-14H2,1-4H3/t19-,28+/m1/s1. The van der Waals surface area contributed by atoms with Crippen LogP contribution in [0.25, 0.3) is 0 Å². The molecular weight excluding hydrogens is 537 g/mol. The number of hydrogen-bond donors (Lipinski definition) is 1. The Hall–Kier alpha value is -4.47. The van der Waals surface area contributed by atoms with Gasteiger partial charge in [-0.05, 0) is 54.7 Å². The van der Waals surface area contributed by atoms with Gasteiger partial charge in [0.05, 0.1) is 38.7 Å². The minimum absolute atomic E-state index is 0.0114. The zero-order valence-corrected chi connectivity index (χ0v) is 23.0. The largest absolute Gasteiger partial charge is 0.493 e. The topological polar surface area (TPSA) is 77.1 Å². The van der Waals surface area contributed by atoms with Gasteiger partial charge < -0.3 is 19.5 Å². The molecule has 1 amide bonds. The average Bonchev–Trinajstić information content (AvgIpc) is 3.10. The highest BCUT2D eigenvalue weighted by atomic mass is 19.4. The predicted octanol–water partition coefficient (Wildman–Crippen LogP) is 6.48. The molecule has 0 bridgehead atoms. The van der Waals surface area contributed by atoms with Gasteiger partial charge in [-0.15, -0.1) is 0 Å². The fourth-order valence-electron chi connectivity index (χ4n) is 5.60. The molecule has 1 heterocycles. The van der Waals surface area contributed by atoms with Gasteiger partial charge in [0.15, 0.2) is 17.3 Å². The van der Waals surface area contributed by atoms with Crippen LogP contribution in [-0.4, -0.2) is 39.2 Å². The zero-order chi connectivity index (χ0) is 29.5. The summed E-state index contributed by atoms with van der Waals surface area (Å²) in [7, 11) is 4.17. The Balaban J connectivity index is 1.78. The third-order valence-corrected chi connectivity index (χ3v) is 7.50. The van der Waals surface area contributed by atoms with Gasteiger partial charge >= 0.3 is 12.1 Å². The highest BCUT2D eigenvalue weighted by Gasteiger charge is 2.50. The minimum Gasteiger partial charge on any atom is -0.493 e. The molecule has 1 aliphatic heterocycles. The molecular formula is C31H29F3N2O5. The molecule has 1 N–H and O–H groups in total. The molecule has 3 aromatic rings. The molecule has 2 aliphatic rings. The first-order valence-electron chi connectivity index (χ1n) is 13.0. The molecule has 0 aromatic heterocycles. The van der Waals surface area contributed by atoms with Gasteiger partial charge in [0, 0.05) is 17.7 Å². The van der Waals surface area contributed by atoms with Gasteiger partial charge in [-0.1, -0.05) is 42.0 Å². The van der Waals surface area contributed by atoms with Crippen LogP contribution in [0.5, 0.6) is 17.2 Å². The van der Waals surface area contributed by atoms with Crippen molar-refractivity contribution in [1.82, 2.24) is 0 Å². The number of halogens is 3. The number of carbonyl (C=O) groups is 2. The van der Waals surface area contributed by atoms with E-state index >= 15 is 0 Å². The number of carbonyl (C=O) groups excluding carboxylic acids is 2. The maximum Gasteiger partial charge on any atom is 0.471 e. The maximum absolute atomic E-state index is 14.2. The van der Waals surface area contributed by atoms with Crippen LogP contribution in [0.3, 0.4) is 0 Å². The molecule has 5 rings (SSSR count). The number of ether oxygens (including phenoxy) is 3. The fourth-order valence-corrected chi connectivity index (χ4v) is 5.60. The predicted molar refractivity (Wildman–Crippen MR) is 148 cm³/mol. The molecule has 3 aromatic carbocycles. The molecule has 1 aliphatic carbocycles. The van der Waals surface area contributed by atoms with Crippen LogP contribution in [0, 0.1) is 6.92 Å². The summed E-state index contributed by atoms with van der Waals surface area (Å²) in [5.41, 5.74) is 3.02. The van der Waals surface area contributed by atoms with Crippen molar-refractivity contribution >= 4 is 23.1 Å². The Morgan fingerprint density at radius 1 is 0.902 bits per heavy atom. The Bertz CT molecular complexity index is 1510. The Labute approximate surface area is 235 Å². The number of Topliss-reactive ketones (excluding diaryl/α,β-unsaturated/α-hetero) is 1. The average molecular weight is 567 g/mol. The first kappa shape index (κ1) is 28.1. The number of nitrogens with zero attached hydrogens (tertiary/aromatic N) is 1. The highest BCUT2D eigenvalue weighted by molar-refractivity contribution is 6.07. The van der Waals surface area contributed by atoms with Crippen LogP contribution in [0.4, 0.5) is 24.5 Å². The second-order valence-electron chi connectivity index (χ2n) is 10.0. The first-order chi connectivity index (χ1) is 19.6. The van der Waals surface area contributed by atoms with Gasteiger partial charge in [0.2, 0.25) is 5.75 Å². The first-order valence-corrected chi connectivity index (χ1v) is 13.0. The second kappa shape index (κ2) is 10.8. The number of benzene rings is 3. The maximum atomic E-state index is 14.2. The van der Waals surface area contributed by atoms with Crippen LogP contribution in [0.15, 0.2) is 71.9 Å². The van der Waals surface area contributed by atoms with Crippen LogP contribution < -0.4 is 24.4 Å². The van der Waals surface area contributed by atoms with Crippen molar-refractivity contribution in [2.75, 3.05) is 31.5 Å². The van der Waals surface area contributed by atoms with E-state index in [4.69, 9.17) is 14.2 Å². The van der Waals surface area contributed by atoms with E-state index in [9.17, 15) is 22.8 Å². The normalized spacial score (nSPS) is 18.6. The number of ketones is 1. The van der Waals surface area contributed by atoms with Crippen molar-refractivity contribution in [1.29, 1.82) is 0 Å². The van der Waals surface area contributed by atoms with Gasteiger partial charge in [0.1, 0.15) is 0 Å². The number of rotatable bonds is 5. The molecule has 2 atom stereocenters. The van der Waals surface area contributed by atoms with Crippen molar-refractivity contribution in [3.63, 3.8) is 0 Å². The van der Waals surface area contributed by atoms with E-state index in [0.29, 0.717) is 17.0 Å². The molecule has 0 saturated heterocycles. The highest BCUT2D eigenvalue weighted by Crippen LogP contribution is 2.50. The molecule has 0 saturated carbocycles. The number of aryl methyl sites for hydroxylation is 1. The summed E-state index contributed by atoms with van der Waals surface area (Å²) in [5, 5.41) is 3.23. The summed E-state index contributed by atoms with van der Waals surface area (Å²) in [6.45, 7) is 1.97. The lowest BCUT2D eigenvalue weighted by atomic mass is 9.78. The summed E-state index contributed by atoms with van der Waals surface area (Å²) in [4.78, 5) is 27.9. The van der Waals surface area contributed by atoms with Crippen molar-refractivity contribution < 1.29 is 37.0 Å². The molecule has 7 nitrogen and oxygen atoms in total. The summed E-state index contributed by atoms with van der Waals surface area (Å²) >= 11 is 0.